The van der Waals surface area contributed by atoms with Gasteiger partial charge in [0.05, 0.1) is 31.8 Å². The molecule has 0 aliphatic heterocycles. The monoisotopic (exact) mass is 458 g/mol. The van der Waals surface area contributed by atoms with Gasteiger partial charge in [-0.15, -0.1) is 0 Å². The largest absolute Gasteiger partial charge is 0.364 e. The molecule has 0 saturated carbocycles. The lowest BCUT2D eigenvalue weighted by molar-refractivity contribution is 0.0205. The summed E-state index contributed by atoms with van der Waals surface area (Å²) in [4.78, 5) is 0.945. The summed E-state index contributed by atoms with van der Waals surface area (Å²) >= 11 is 0. The number of ether oxygens (including phenoxy) is 1. The fourth-order valence-corrected chi connectivity index (χ4v) is 7.44. The van der Waals surface area contributed by atoms with Crippen LogP contribution in [0.25, 0.3) is 0 Å². The van der Waals surface area contributed by atoms with Gasteiger partial charge in [0.25, 0.3) is 0 Å². The molecular formula is C24H26O5S2. The van der Waals surface area contributed by atoms with Gasteiger partial charge in [0, 0.05) is 0 Å². The first kappa shape index (κ1) is 22.0. The van der Waals surface area contributed by atoms with Crippen molar-refractivity contribution in [2.45, 2.75) is 60.5 Å². The number of hydrogen-bond acceptors (Lipinski definition) is 5. The minimum atomic E-state index is -3.70. The van der Waals surface area contributed by atoms with Gasteiger partial charge >= 0.3 is 0 Å². The maximum absolute atomic E-state index is 13.3. The smallest absolute Gasteiger partial charge is 0.205 e. The summed E-state index contributed by atoms with van der Waals surface area (Å²) in [5, 5.41) is 0. The Balaban J connectivity index is 1.64. The molecule has 0 N–H and O–H groups in total. The zero-order valence-corrected chi connectivity index (χ0v) is 18.8. The van der Waals surface area contributed by atoms with E-state index >= 15 is 0 Å². The number of sulfone groups is 2. The quantitative estimate of drug-likeness (QED) is 0.620. The summed E-state index contributed by atoms with van der Waals surface area (Å²) in [7, 11) is -7.40. The van der Waals surface area contributed by atoms with Crippen molar-refractivity contribution >= 4 is 19.7 Å². The van der Waals surface area contributed by atoms with E-state index in [1.807, 2.05) is 0 Å². The van der Waals surface area contributed by atoms with E-state index in [-0.39, 0.29) is 19.6 Å². The Hall–Kier alpha value is -2.22. The average molecular weight is 459 g/mol. The molecule has 164 valence electrons. The molecule has 0 spiro atoms. The second-order valence-corrected chi connectivity index (χ2v) is 11.7. The van der Waals surface area contributed by atoms with Crippen LogP contribution < -0.4 is 0 Å². The van der Waals surface area contributed by atoms with Crippen molar-refractivity contribution in [1.82, 2.24) is 0 Å². The highest BCUT2D eigenvalue weighted by Gasteiger charge is 2.36. The Kier molecular flexibility index (Phi) is 6.46. The first-order chi connectivity index (χ1) is 14.9. The number of benzene rings is 2. The molecule has 0 amide bonds. The second kappa shape index (κ2) is 9.10. The summed E-state index contributed by atoms with van der Waals surface area (Å²) < 4.78 is 59.3. The van der Waals surface area contributed by atoms with Crippen LogP contribution in [0.1, 0.15) is 38.5 Å². The fraction of sp³-hybridized carbons (Fsp3) is 0.333. The van der Waals surface area contributed by atoms with Crippen molar-refractivity contribution in [3.8, 4) is 0 Å². The van der Waals surface area contributed by atoms with E-state index in [0.717, 1.165) is 12.8 Å². The molecule has 2 aromatic carbocycles. The molecule has 0 radical (unpaired) electrons. The van der Waals surface area contributed by atoms with Crippen LogP contribution in [0.2, 0.25) is 0 Å². The van der Waals surface area contributed by atoms with Crippen LogP contribution in [0.3, 0.4) is 0 Å². The third-order valence-electron chi connectivity index (χ3n) is 5.72. The third-order valence-corrected chi connectivity index (χ3v) is 9.61. The van der Waals surface area contributed by atoms with Gasteiger partial charge in [-0.05, 0) is 62.8 Å². The van der Waals surface area contributed by atoms with Crippen LogP contribution in [-0.4, -0.2) is 29.0 Å². The summed E-state index contributed by atoms with van der Waals surface area (Å²) in [6.07, 6.45) is 6.18. The predicted octanol–water partition coefficient (Wildman–Crippen LogP) is 4.82. The maximum atomic E-state index is 13.3. The Bertz CT molecular complexity index is 1090. The van der Waals surface area contributed by atoms with Crippen LogP contribution in [0.15, 0.2) is 92.4 Å². The van der Waals surface area contributed by atoms with Crippen molar-refractivity contribution in [1.29, 1.82) is 0 Å². The van der Waals surface area contributed by atoms with Crippen molar-refractivity contribution in [3.05, 3.63) is 82.6 Å². The molecule has 5 nitrogen and oxygen atoms in total. The molecular weight excluding hydrogens is 432 g/mol. The summed E-state index contributed by atoms with van der Waals surface area (Å²) in [6.45, 7) is 0. The third kappa shape index (κ3) is 4.54. The lowest BCUT2D eigenvalue weighted by atomic mass is 10.0. The minimum absolute atomic E-state index is 0.230. The highest BCUT2D eigenvalue weighted by Crippen LogP contribution is 2.36. The molecule has 0 fully saturated rings. The van der Waals surface area contributed by atoms with E-state index in [9.17, 15) is 16.8 Å². The summed E-state index contributed by atoms with van der Waals surface area (Å²) in [6, 6.07) is 16.6. The van der Waals surface area contributed by atoms with Crippen LogP contribution >= 0.6 is 0 Å². The van der Waals surface area contributed by atoms with E-state index in [4.69, 9.17) is 4.74 Å². The number of rotatable bonds is 6. The van der Waals surface area contributed by atoms with Crippen molar-refractivity contribution in [2.24, 2.45) is 0 Å². The molecule has 2 aliphatic rings. The molecule has 2 aromatic rings. The van der Waals surface area contributed by atoms with Gasteiger partial charge in [-0.25, -0.2) is 16.8 Å². The van der Waals surface area contributed by atoms with Gasteiger partial charge in [0.2, 0.25) is 19.7 Å². The van der Waals surface area contributed by atoms with E-state index < -0.39 is 31.9 Å². The van der Waals surface area contributed by atoms with Crippen LogP contribution in [0.5, 0.6) is 0 Å². The van der Waals surface area contributed by atoms with Crippen molar-refractivity contribution in [3.63, 3.8) is 0 Å². The number of allylic oxidation sites excluding steroid dienone is 2. The summed E-state index contributed by atoms with van der Waals surface area (Å²) in [5.41, 5.74) is 0. The fourth-order valence-electron chi connectivity index (χ4n) is 4.15. The molecule has 2 unspecified atom stereocenters. The zero-order valence-electron chi connectivity index (χ0n) is 17.2. The molecule has 2 atom stereocenters. The Labute approximate surface area is 184 Å². The molecule has 0 saturated heterocycles. The molecule has 0 bridgehead atoms. The topological polar surface area (TPSA) is 77.5 Å². The predicted molar refractivity (Wildman–Crippen MR) is 120 cm³/mol. The summed E-state index contributed by atoms with van der Waals surface area (Å²) in [5.74, 6) is 0. The van der Waals surface area contributed by atoms with Crippen LogP contribution in [0.4, 0.5) is 0 Å². The molecule has 4 rings (SSSR count). The maximum Gasteiger partial charge on any atom is 0.205 e. The zero-order chi connectivity index (χ0) is 21.9. The SMILES string of the molecule is O=S(=O)(C1=CCCCC1OC1CCCC=C1S(=O)(=O)c1ccccc1)c1ccccc1. The normalized spacial score (nSPS) is 22.5. The van der Waals surface area contributed by atoms with E-state index in [1.165, 1.54) is 0 Å². The lowest BCUT2D eigenvalue weighted by Crippen LogP contribution is -2.33. The molecule has 2 aliphatic carbocycles. The van der Waals surface area contributed by atoms with Gasteiger partial charge in [0.1, 0.15) is 0 Å². The van der Waals surface area contributed by atoms with Gasteiger partial charge in [-0.2, -0.15) is 0 Å². The van der Waals surface area contributed by atoms with Crippen LogP contribution in [-0.2, 0) is 24.4 Å². The first-order valence-corrected chi connectivity index (χ1v) is 13.5. The minimum Gasteiger partial charge on any atom is -0.364 e. The molecule has 7 heteroatoms. The van der Waals surface area contributed by atoms with E-state index in [2.05, 4.69) is 0 Å². The second-order valence-electron chi connectivity index (χ2n) is 7.82. The molecule has 0 heterocycles. The lowest BCUT2D eigenvalue weighted by Gasteiger charge is -2.31. The van der Waals surface area contributed by atoms with Gasteiger partial charge < -0.3 is 4.74 Å². The van der Waals surface area contributed by atoms with Gasteiger partial charge in [-0.3, -0.25) is 0 Å². The van der Waals surface area contributed by atoms with Gasteiger partial charge in [-0.1, -0.05) is 48.6 Å². The first-order valence-electron chi connectivity index (χ1n) is 10.6. The van der Waals surface area contributed by atoms with E-state index in [1.54, 1.807) is 72.8 Å². The Morgan fingerprint density at radius 2 is 1.00 bits per heavy atom. The molecule has 0 aromatic heterocycles. The van der Waals surface area contributed by atoms with Crippen LogP contribution in [0, 0.1) is 0 Å². The number of hydrogen-bond donors (Lipinski definition) is 0. The standard InChI is InChI=1S/C24H26O5S2/c25-30(26,19-11-3-1-4-12-19)23-17-9-7-15-21(23)29-22-16-8-10-18-24(22)31(27,28)20-13-5-2-6-14-20/h1-6,11-14,17-18,21-22H,7-10,15-16H2. The highest BCUT2D eigenvalue weighted by molar-refractivity contribution is 7.95. The van der Waals surface area contributed by atoms with Crippen molar-refractivity contribution in [2.75, 3.05) is 0 Å². The molecule has 31 heavy (non-hydrogen) atoms. The van der Waals surface area contributed by atoms with Gasteiger partial charge in [0.15, 0.2) is 0 Å². The van der Waals surface area contributed by atoms with Crippen molar-refractivity contribution < 1.29 is 21.6 Å². The Morgan fingerprint density at radius 1 is 0.613 bits per heavy atom. The average Bonchev–Trinajstić information content (AvgIpc) is 2.81. The Morgan fingerprint density at radius 3 is 1.39 bits per heavy atom. The highest BCUT2D eigenvalue weighted by atomic mass is 32.2. The van der Waals surface area contributed by atoms with E-state index in [0.29, 0.717) is 25.7 Å².